The summed E-state index contributed by atoms with van der Waals surface area (Å²) in [4.78, 5) is 44.9. The lowest BCUT2D eigenvalue weighted by Gasteiger charge is -2.47. The van der Waals surface area contributed by atoms with Crippen molar-refractivity contribution in [1.29, 1.82) is 5.26 Å². The van der Waals surface area contributed by atoms with Crippen LogP contribution in [0, 0.1) is 28.9 Å². The molecule has 4 amide bonds. The Morgan fingerprint density at radius 2 is 1.82 bits per heavy atom. The van der Waals surface area contributed by atoms with Crippen LogP contribution in [0.5, 0.6) is 0 Å². The first kappa shape index (κ1) is 30.9. The fraction of sp³-hybridized carbons (Fsp3) is 0.419. The van der Waals surface area contributed by atoms with Crippen molar-refractivity contribution < 1.29 is 32.6 Å². The molecule has 2 aromatic carbocycles. The van der Waals surface area contributed by atoms with Gasteiger partial charge in [-0.05, 0) is 42.7 Å². The summed E-state index contributed by atoms with van der Waals surface area (Å²) >= 11 is 0. The summed E-state index contributed by atoms with van der Waals surface area (Å²) in [5.41, 5.74) is 1.57. The molecule has 2 saturated heterocycles. The molecule has 1 atom stereocenters. The van der Waals surface area contributed by atoms with Crippen molar-refractivity contribution in [3.63, 3.8) is 0 Å². The summed E-state index contributed by atoms with van der Waals surface area (Å²) in [5.74, 6) is -3.02. The van der Waals surface area contributed by atoms with Gasteiger partial charge in [0.15, 0.2) is 11.6 Å². The summed E-state index contributed by atoms with van der Waals surface area (Å²) in [5, 5.41) is 14.7. The Hall–Kier alpha value is -4.54. The zero-order chi connectivity index (χ0) is 31.4. The highest BCUT2D eigenvalue weighted by Crippen LogP contribution is 2.35. The second-order valence-corrected chi connectivity index (χ2v) is 11.0. The third-order valence-electron chi connectivity index (χ3n) is 8.38. The predicted molar refractivity (Wildman–Crippen MR) is 155 cm³/mol. The molecule has 44 heavy (non-hydrogen) atoms. The number of nitrogens with one attached hydrogen (secondary N) is 2. The van der Waals surface area contributed by atoms with Crippen LogP contribution in [0.4, 0.5) is 24.1 Å². The van der Waals surface area contributed by atoms with Gasteiger partial charge in [0.2, 0.25) is 0 Å². The molecule has 0 spiro atoms. The first-order valence-corrected chi connectivity index (χ1v) is 14.4. The Balaban J connectivity index is 1.22. The van der Waals surface area contributed by atoms with Crippen LogP contribution in [0.2, 0.25) is 0 Å². The zero-order valence-electron chi connectivity index (χ0n) is 24.5. The minimum atomic E-state index is -1.38. The summed E-state index contributed by atoms with van der Waals surface area (Å²) < 4.78 is 38.1. The minimum absolute atomic E-state index is 0.0152. The summed E-state index contributed by atoms with van der Waals surface area (Å²) in [6.07, 6.45) is 1.91. The number of carbonyl (C=O) groups excluding carboxylic acids is 3. The number of methoxy groups -OCH3 is 2. The Labute approximate surface area is 254 Å². The number of rotatable bonds is 8. The van der Waals surface area contributed by atoms with E-state index in [4.69, 9.17) is 9.47 Å². The van der Waals surface area contributed by atoms with Crippen LogP contribution in [0.1, 0.15) is 30.0 Å². The maximum Gasteiger partial charge on any atom is 0.338 e. The largest absolute Gasteiger partial charge is 0.466 e. The Morgan fingerprint density at radius 1 is 1.09 bits per heavy atom. The number of halogens is 2. The molecular weight excluding hydrogens is 574 g/mol. The average Bonchev–Trinajstić information content (AvgIpc) is 3.01. The molecule has 1 unspecified atom stereocenters. The van der Waals surface area contributed by atoms with Gasteiger partial charge in [0, 0.05) is 51.8 Å². The topological polar surface area (TPSA) is 127 Å². The molecule has 0 radical (unpaired) electrons. The third kappa shape index (κ3) is 6.22. The van der Waals surface area contributed by atoms with Gasteiger partial charge in [-0.25, -0.2) is 28.1 Å². The van der Waals surface area contributed by atoms with Gasteiger partial charge in [0.1, 0.15) is 12.1 Å². The molecule has 0 bridgehead atoms. The monoisotopic (exact) mass is 608 g/mol. The van der Waals surface area contributed by atoms with Crippen LogP contribution in [-0.2, 0) is 14.3 Å². The molecule has 13 heteroatoms. The number of carbonyl (C=O) groups is 3. The maximum atomic E-state index is 14.3. The Kier molecular flexibility index (Phi) is 9.41. The smallest absolute Gasteiger partial charge is 0.338 e. The van der Waals surface area contributed by atoms with E-state index in [0.717, 1.165) is 68.9 Å². The minimum Gasteiger partial charge on any atom is -0.466 e. The molecule has 3 aliphatic rings. The van der Waals surface area contributed by atoms with E-state index in [0.29, 0.717) is 11.6 Å². The number of esters is 1. The molecular formula is C31H34F2N6O5. The number of ether oxygens (including phenoxy) is 2. The number of para-hydroxylation sites is 1. The fourth-order valence-corrected chi connectivity index (χ4v) is 6.15. The lowest BCUT2D eigenvalue weighted by atomic mass is 9.92. The van der Waals surface area contributed by atoms with Crippen molar-refractivity contribution in [2.24, 2.45) is 5.92 Å². The van der Waals surface area contributed by atoms with E-state index < -0.39 is 35.7 Å². The summed E-state index contributed by atoms with van der Waals surface area (Å²) in [6, 6.07) is 10.2. The lowest BCUT2D eigenvalue weighted by molar-refractivity contribution is -0.137. The molecule has 2 N–H and O–H groups in total. The molecule has 2 aromatic rings. The number of imide groups is 1. The predicted octanol–water partition coefficient (Wildman–Crippen LogP) is 3.29. The molecule has 0 aromatic heterocycles. The normalized spacial score (nSPS) is 19.7. The Morgan fingerprint density at radius 3 is 2.48 bits per heavy atom. The lowest BCUT2D eigenvalue weighted by Crippen LogP contribution is -2.59. The highest BCUT2D eigenvalue weighted by Gasteiger charge is 2.44. The van der Waals surface area contributed by atoms with Gasteiger partial charge in [0.25, 0.3) is 0 Å². The number of anilines is 1. The number of hydrogen-bond donors (Lipinski definition) is 2. The van der Waals surface area contributed by atoms with Crippen molar-refractivity contribution in [2.45, 2.75) is 24.9 Å². The number of likely N-dealkylation sites (tertiary alicyclic amines) is 1. The molecule has 0 saturated carbocycles. The number of amides is 4. The highest BCUT2D eigenvalue weighted by atomic mass is 19.2. The van der Waals surface area contributed by atoms with Crippen molar-refractivity contribution in [3.05, 3.63) is 76.5 Å². The zero-order valence-corrected chi connectivity index (χ0v) is 24.5. The van der Waals surface area contributed by atoms with Crippen LogP contribution in [0.25, 0.3) is 0 Å². The SMILES string of the molecule is COCC1=C(C(=O)OC)C(c2ccc(F)c(F)c2)N(C(=O)NCC2CN(C3CCN(c4ccccc4C#N)CC3)C2)C(=O)N1. The number of nitrogens with zero attached hydrogens (tertiary/aromatic N) is 4. The van der Waals surface area contributed by atoms with Gasteiger partial charge >= 0.3 is 18.0 Å². The second kappa shape index (κ2) is 13.4. The van der Waals surface area contributed by atoms with Gasteiger partial charge in [0.05, 0.1) is 36.2 Å². The standard InChI is InChI=1S/C31H34F2N6O5/c1-43-18-25-27(29(40)44-2)28(20-7-8-23(32)24(33)13-20)39(31(42)36-25)30(41)35-15-19-16-38(17-19)22-9-11-37(12-10-22)26-6-4-3-5-21(26)14-34/h3-8,13,19,22,28H,9-12,15-18H2,1-2H3,(H,35,41)(H,36,42). The summed E-state index contributed by atoms with van der Waals surface area (Å²) in [7, 11) is 2.50. The van der Waals surface area contributed by atoms with Crippen LogP contribution in [0.3, 0.4) is 0 Å². The highest BCUT2D eigenvalue weighted by molar-refractivity contribution is 6.01. The molecule has 5 rings (SSSR count). The fourth-order valence-electron chi connectivity index (χ4n) is 6.15. The average molecular weight is 609 g/mol. The summed E-state index contributed by atoms with van der Waals surface area (Å²) in [6.45, 7) is 3.32. The van der Waals surface area contributed by atoms with Gasteiger partial charge in [-0.1, -0.05) is 18.2 Å². The van der Waals surface area contributed by atoms with E-state index in [2.05, 4.69) is 26.5 Å². The van der Waals surface area contributed by atoms with Crippen LogP contribution in [0.15, 0.2) is 53.7 Å². The van der Waals surface area contributed by atoms with Crippen molar-refractivity contribution in [1.82, 2.24) is 20.4 Å². The van der Waals surface area contributed by atoms with Crippen LogP contribution in [-0.4, -0.2) is 87.4 Å². The van der Waals surface area contributed by atoms with E-state index in [1.54, 1.807) is 0 Å². The van der Waals surface area contributed by atoms with Crippen molar-refractivity contribution in [3.8, 4) is 6.07 Å². The molecule has 0 aliphatic carbocycles. The van der Waals surface area contributed by atoms with Gasteiger partial charge in [-0.3, -0.25) is 4.90 Å². The first-order valence-electron chi connectivity index (χ1n) is 14.4. The van der Waals surface area contributed by atoms with E-state index in [1.807, 2.05) is 24.3 Å². The van der Waals surface area contributed by atoms with Gasteiger partial charge < -0.3 is 25.0 Å². The number of benzene rings is 2. The number of piperidine rings is 1. The Bertz CT molecular complexity index is 1500. The third-order valence-corrected chi connectivity index (χ3v) is 8.38. The molecule has 3 aliphatic heterocycles. The maximum absolute atomic E-state index is 14.3. The van der Waals surface area contributed by atoms with Crippen LogP contribution < -0.4 is 15.5 Å². The number of hydrogen-bond acceptors (Lipinski definition) is 8. The van der Waals surface area contributed by atoms with Gasteiger partial charge in [-0.15, -0.1) is 0 Å². The van der Waals surface area contributed by atoms with Crippen LogP contribution >= 0.6 is 0 Å². The van der Waals surface area contributed by atoms with E-state index >= 15 is 0 Å². The van der Waals surface area contributed by atoms with E-state index in [9.17, 15) is 28.4 Å². The molecule has 3 heterocycles. The molecule has 2 fully saturated rings. The van der Waals surface area contributed by atoms with E-state index in [-0.39, 0.29) is 35.9 Å². The van der Waals surface area contributed by atoms with Crippen molar-refractivity contribution >= 4 is 23.7 Å². The quantitative estimate of drug-likeness (QED) is 0.438. The molecule has 11 nitrogen and oxygen atoms in total. The van der Waals surface area contributed by atoms with Crippen molar-refractivity contribution in [2.75, 3.05) is 58.5 Å². The first-order chi connectivity index (χ1) is 21.2. The number of nitriles is 1. The van der Waals surface area contributed by atoms with E-state index in [1.165, 1.54) is 13.2 Å². The van der Waals surface area contributed by atoms with Gasteiger partial charge in [-0.2, -0.15) is 5.26 Å². The second-order valence-electron chi connectivity index (χ2n) is 11.0. The number of urea groups is 2. The molecule has 232 valence electrons.